The van der Waals surface area contributed by atoms with E-state index in [9.17, 15) is 0 Å². The fourth-order valence-corrected chi connectivity index (χ4v) is 4.47. The maximum absolute atomic E-state index is 6.03. The zero-order valence-corrected chi connectivity index (χ0v) is 13.7. The largest absolute Gasteiger partial charge is 0.280 e. The Morgan fingerprint density at radius 3 is 1.77 bits per heavy atom. The van der Waals surface area contributed by atoms with Gasteiger partial charge in [0.2, 0.25) is 0 Å². The summed E-state index contributed by atoms with van der Waals surface area (Å²) in [5, 5.41) is 0. The molecule has 1 aromatic carbocycles. The molecule has 2 fully saturated rings. The minimum atomic E-state index is 0.160. The number of terminal acetylenes is 1. The van der Waals surface area contributed by atoms with Crippen molar-refractivity contribution < 1.29 is 0 Å². The van der Waals surface area contributed by atoms with Crippen molar-refractivity contribution in [2.75, 3.05) is 0 Å². The van der Waals surface area contributed by atoms with Gasteiger partial charge in [0.1, 0.15) is 0 Å². The highest BCUT2D eigenvalue weighted by Gasteiger charge is 2.33. The Labute approximate surface area is 136 Å². The molecule has 2 aliphatic carbocycles. The summed E-state index contributed by atoms with van der Waals surface area (Å²) in [5.41, 5.74) is 1.31. The van der Waals surface area contributed by atoms with Crippen molar-refractivity contribution >= 4 is 0 Å². The Morgan fingerprint density at radius 1 is 0.818 bits per heavy atom. The minimum Gasteiger partial charge on any atom is -0.280 e. The highest BCUT2D eigenvalue weighted by atomic mass is 15.2. The van der Waals surface area contributed by atoms with Crippen LogP contribution in [0.4, 0.5) is 0 Å². The standard InChI is InChI=1S/C21H29N/c1-2-21(18-12-6-3-7-13-18)22(19-14-8-4-9-15-19)20-16-10-5-11-17-20/h1,3,6-7,12-13,19-21H,4-5,8-11,14-17H2. The van der Waals surface area contributed by atoms with E-state index in [0.29, 0.717) is 12.1 Å². The highest BCUT2D eigenvalue weighted by molar-refractivity contribution is 5.26. The first-order valence-electron chi connectivity index (χ1n) is 9.18. The van der Waals surface area contributed by atoms with E-state index in [4.69, 9.17) is 6.42 Å². The third-order valence-corrected chi connectivity index (χ3v) is 5.56. The van der Waals surface area contributed by atoms with E-state index in [1.807, 2.05) is 0 Å². The molecule has 1 aromatic rings. The smallest absolute Gasteiger partial charge is 0.0972 e. The second-order valence-corrected chi connectivity index (χ2v) is 7.01. The van der Waals surface area contributed by atoms with Crippen LogP contribution in [0, 0.1) is 12.3 Å². The predicted molar refractivity (Wildman–Crippen MR) is 93.6 cm³/mol. The van der Waals surface area contributed by atoms with Gasteiger partial charge in [0.05, 0.1) is 6.04 Å². The van der Waals surface area contributed by atoms with E-state index >= 15 is 0 Å². The third kappa shape index (κ3) is 3.55. The number of hydrogen-bond donors (Lipinski definition) is 0. The lowest BCUT2D eigenvalue weighted by Gasteiger charge is -2.44. The van der Waals surface area contributed by atoms with Crippen molar-refractivity contribution in [3.63, 3.8) is 0 Å². The maximum Gasteiger partial charge on any atom is 0.0972 e. The molecule has 118 valence electrons. The van der Waals surface area contributed by atoms with Gasteiger partial charge in [-0.2, -0.15) is 0 Å². The van der Waals surface area contributed by atoms with Crippen molar-refractivity contribution in [3.05, 3.63) is 35.9 Å². The fourth-order valence-electron chi connectivity index (χ4n) is 4.47. The van der Waals surface area contributed by atoms with Gasteiger partial charge in [-0.1, -0.05) is 74.8 Å². The molecular weight excluding hydrogens is 266 g/mol. The van der Waals surface area contributed by atoms with Gasteiger partial charge in [0.15, 0.2) is 0 Å². The van der Waals surface area contributed by atoms with Crippen LogP contribution >= 0.6 is 0 Å². The molecule has 2 saturated carbocycles. The van der Waals surface area contributed by atoms with Crippen molar-refractivity contribution in [3.8, 4) is 12.3 Å². The fraction of sp³-hybridized carbons (Fsp3) is 0.619. The topological polar surface area (TPSA) is 3.24 Å². The average molecular weight is 295 g/mol. The lowest BCUT2D eigenvalue weighted by molar-refractivity contribution is 0.0579. The molecule has 0 heterocycles. The lowest BCUT2D eigenvalue weighted by atomic mass is 9.86. The van der Waals surface area contributed by atoms with Crippen LogP contribution in [-0.4, -0.2) is 17.0 Å². The van der Waals surface area contributed by atoms with Gasteiger partial charge >= 0.3 is 0 Å². The number of rotatable bonds is 4. The first-order valence-corrected chi connectivity index (χ1v) is 9.18. The number of benzene rings is 1. The molecule has 0 saturated heterocycles. The molecule has 1 atom stereocenters. The Bertz CT molecular complexity index is 456. The first-order chi connectivity index (χ1) is 10.9. The van der Waals surface area contributed by atoms with Gasteiger partial charge in [-0.05, 0) is 31.2 Å². The van der Waals surface area contributed by atoms with E-state index in [0.717, 1.165) is 0 Å². The van der Waals surface area contributed by atoms with Gasteiger partial charge in [-0.25, -0.2) is 0 Å². The monoisotopic (exact) mass is 295 g/mol. The van der Waals surface area contributed by atoms with Crippen molar-refractivity contribution in [1.29, 1.82) is 0 Å². The summed E-state index contributed by atoms with van der Waals surface area (Å²) in [6, 6.07) is 12.3. The van der Waals surface area contributed by atoms with Crippen LogP contribution in [0.1, 0.15) is 75.8 Å². The van der Waals surface area contributed by atoms with E-state index in [1.54, 1.807) is 0 Å². The average Bonchev–Trinajstić information content (AvgIpc) is 2.62. The summed E-state index contributed by atoms with van der Waals surface area (Å²) < 4.78 is 0. The van der Waals surface area contributed by atoms with Gasteiger partial charge in [0, 0.05) is 12.1 Å². The Kier molecular flexibility index (Phi) is 5.57. The second-order valence-electron chi connectivity index (χ2n) is 7.01. The molecule has 0 radical (unpaired) electrons. The quantitative estimate of drug-likeness (QED) is 0.679. The molecule has 0 aromatic heterocycles. The van der Waals surface area contributed by atoms with Crippen LogP contribution in [0.25, 0.3) is 0 Å². The van der Waals surface area contributed by atoms with Crippen LogP contribution < -0.4 is 0 Å². The summed E-state index contributed by atoms with van der Waals surface area (Å²) in [6.07, 6.45) is 19.7. The molecule has 22 heavy (non-hydrogen) atoms. The lowest BCUT2D eigenvalue weighted by Crippen LogP contribution is -2.46. The molecule has 0 spiro atoms. The maximum atomic E-state index is 6.03. The predicted octanol–water partition coefficient (Wildman–Crippen LogP) is 5.33. The third-order valence-electron chi connectivity index (χ3n) is 5.56. The Balaban J connectivity index is 1.86. The van der Waals surface area contributed by atoms with E-state index in [1.165, 1.54) is 69.8 Å². The zero-order valence-electron chi connectivity index (χ0n) is 13.7. The molecule has 2 aliphatic rings. The molecule has 1 heteroatoms. The van der Waals surface area contributed by atoms with E-state index in [-0.39, 0.29) is 6.04 Å². The highest BCUT2D eigenvalue weighted by Crippen LogP contribution is 2.36. The number of nitrogens with zero attached hydrogens (tertiary/aromatic N) is 1. The number of hydrogen-bond acceptors (Lipinski definition) is 1. The zero-order chi connectivity index (χ0) is 15.2. The van der Waals surface area contributed by atoms with Gasteiger partial charge in [-0.3, -0.25) is 4.90 Å². The van der Waals surface area contributed by atoms with E-state index in [2.05, 4.69) is 41.2 Å². The Hall–Kier alpha value is -1.26. The molecule has 0 bridgehead atoms. The van der Waals surface area contributed by atoms with Crippen LogP contribution in [-0.2, 0) is 0 Å². The molecular formula is C21H29N. The van der Waals surface area contributed by atoms with Crippen LogP contribution in [0.2, 0.25) is 0 Å². The van der Waals surface area contributed by atoms with Crippen molar-refractivity contribution in [2.24, 2.45) is 0 Å². The molecule has 0 aliphatic heterocycles. The summed E-state index contributed by atoms with van der Waals surface area (Å²) >= 11 is 0. The summed E-state index contributed by atoms with van der Waals surface area (Å²) in [6.45, 7) is 0. The summed E-state index contributed by atoms with van der Waals surface area (Å²) in [7, 11) is 0. The van der Waals surface area contributed by atoms with Gasteiger partial charge in [-0.15, -0.1) is 6.42 Å². The van der Waals surface area contributed by atoms with Crippen molar-refractivity contribution in [1.82, 2.24) is 4.90 Å². The molecule has 0 N–H and O–H groups in total. The minimum absolute atomic E-state index is 0.160. The molecule has 3 rings (SSSR count). The van der Waals surface area contributed by atoms with Crippen LogP contribution in [0.15, 0.2) is 30.3 Å². The normalized spacial score (nSPS) is 22.4. The van der Waals surface area contributed by atoms with Crippen LogP contribution in [0.5, 0.6) is 0 Å². The Morgan fingerprint density at radius 2 is 1.32 bits per heavy atom. The van der Waals surface area contributed by atoms with E-state index < -0.39 is 0 Å². The summed E-state index contributed by atoms with van der Waals surface area (Å²) in [5.74, 6) is 3.14. The molecule has 1 nitrogen and oxygen atoms in total. The SMILES string of the molecule is C#CC(c1ccccc1)N(C1CCCCC1)C1CCCCC1. The van der Waals surface area contributed by atoms with Crippen LogP contribution in [0.3, 0.4) is 0 Å². The summed E-state index contributed by atoms with van der Waals surface area (Å²) in [4.78, 5) is 2.74. The van der Waals surface area contributed by atoms with Gasteiger partial charge in [0.25, 0.3) is 0 Å². The molecule has 0 amide bonds. The van der Waals surface area contributed by atoms with Gasteiger partial charge < -0.3 is 0 Å². The molecule has 1 unspecified atom stereocenters. The van der Waals surface area contributed by atoms with Crippen molar-refractivity contribution in [2.45, 2.75) is 82.3 Å². The second kappa shape index (κ2) is 7.84. The first kappa shape index (κ1) is 15.6.